The number of hydrogen-bond donors (Lipinski definition) is 2. The van der Waals surface area contributed by atoms with Gasteiger partial charge < -0.3 is 14.9 Å². The zero-order valence-electron chi connectivity index (χ0n) is 15.7. The van der Waals surface area contributed by atoms with Crippen molar-refractivity contribution >= 4 is 0 Å². The summed E-state index contributed by atoms with van der Waals surface area (Å²) >= 11 is 0. The molecule has 3 nitrogen and oxygen atoms in total. The van der Waals surface area contributed by atoms with E-state index in [2.05, 4.69) is 4.74 Å². The molecule has 0 saturated heterocycles. The third-order valence-corrected chi connectivity index (χ3v) is 4.37. The van der Waals surface area contributed by atoms with E-state index in [0.29, 0.717) is 6.42 Å². The molecule has 0 heterocycles. The summed E-state index contributed by atoms with van der Waals surface area (Å²) in [5.74, 6) is -25.0. The van der Waals surface area contributed by atoms with Crippen molar-refractivity contribution in [2.24, 2.45) is 5.92 Å². The van der Waals surface area contributed by atoms with E-state index < -0.39 is 62.3 Å². The molecule has 0 aliphatic rings. The minimum absolute atomic E-state index is 0.248. The molecule has 0 fully saturated rings. The number of halogens is 8. The second-order valence-electron chi connectivity index (χ2n) is 6.79. The summed E-state index contributed by atoms with van der Waals surface area (Å²) in [6.07, 6.45) is 0.508. The van der Waals surface area contributed by atoms with Gasteiger partial charge in [-0.15, -0.1) is 0 Å². The summed E-state index contributed by atoms with van der Waals surface area (Å²) in [4.78, 5) is 0. The van der Waals surface area contributed by atoms with Crippen LogP contribution in [0, 0.1) is 5.92 Å². The fourth-order valence-electron chi connectivity index (χ4n) is 2.34. The van der Waals surface area contributed by atoms with Crippen molar-refractivity contribution in [3.8, 4) is 0 Å². The standard InChI is InChI=1S/C17H28F8O3/c1-2-3-4-5-6-9-28-12-15(20,21)17(24,25)16(22,23)14(18,19)8-7-13(10-26)11-27/h13,26-27H,2-12H2,1H3. The van der Waals surface area contributed by atoms with E-state index in [1.54, 1.807) is 0 Å². The summed E-state index contributed by atoms with van der Waals surface area (Å²) in [5, 5.41) is 17.5. The average Bonchev–Trinajstić information content (AvgIpc) is 2.61. The molecule has 0 amide bonds. The van der Waals surface area contributed by atoms with Crippen molar-refractivity contribution in [3.05, 3.63) is 0 Å². The monoisotopic (exact) mass is 432 g/mol. The largest absolute Gasteiger partial charge is 0.396 e. The van der Waals surface area contributed by atoms with Crippen LogP contribution in [0.1, 0.15) is 51.9 Å². The highest BCUT2D eigenvalue weighted by atomic mass is 19.4. The Bertz CT molecular complexity index is 429. The van der Waals surface area contributed by atoms with Crippen LogP contribution in [0.2, 0.25) is 0 Å². The lowest BCUT2D eigenvalue weighted by Gasteiger charge is -2.37. The SMILES string of the molecule is CCCCCCCOCC(F)(F)C(F)(F)C(F)(F)C(F)(F)CCC(CO)CO. The Morgan fingerprint density at radius 1 is 0.750 bits per heavy atom. The molecule has 0 radical (unpaired) electrons. The molecular weight excluding hydrogens is 404 g/mol. The lowest BCUT2D eigenvalue weighted by molar-refractivity contribution is -0.372. The summed E-state index contributed by atoms with van der Waals surface area (Å²) in [6, 6.07) is 0. The van der Waals surface area contributed by atoms with E-state index >= 15 is 0 Å². The molecule has 0 unspecified atom stereocenters. The molecule has 28 heavy (non-hydrogen) atoms. The van der Waals surface area contributed by atoms with Crippen molar-refractivity contribution in [2.45, 2.75) is 75.6 Å². The van der Waals surface area contributed by atoms with E-state index in [0.717, 1.165) is 19.3 Å². The van der Waals surface area contributed by atoms with Gasteiger partial charge >= 0.3 is 23.7 Å². The van der Waals surface area contributed by atoms with Gasteiger partial charge in [-0.2, -0.15) is 35.1 Å². The molecule has 170 valence electrons. The van der Waals surface area contributed by atoms with E-state index in [-0.39, 0.29) is 13.0 Å². The minimum atomic E-state index is -6.36. The third-order valence-electron chi connectivity index (χ3n) is 4.37. The van der Waals surface area contributed by atoms with Gasteiger partial charge in [-0.05, 0) is 12.8 Å². The van der Waals surface area contributed by atoms with Crippen LogP contribution in [0.3, 0.4) is 0 Å². The lowest BCUT2D eigenvalue weighted by atomic mass is 9.93. The highest BCUT2D eigenvalue weighted by Crippen LogP contribution is 2.54. The van der Waals surface area contributed by atoms with Gasteiger partial charge in [0.25, 0.3) is 0 Å². The Morgan fingerprint density at radius 2 is 1.25 bits per heavy atom. The number of aliphatic hydroxyl groups excluding tert-OH is 2. The number of ether oxygens (including phenoxy) is 1. The Hall–Kier alpha value is -0.680. The third kappa shape index (κ3) is 6.98. The second-order valence-corrected chi connectivity index (χ2v) is 6.79. The molecular formula is C17H28F8O3. The molecule has 0 aromatic heterocycles. The van der Waals surface area contributed by atoms with Crippen LogP contribution in [-0.4, -0.2) is 60.3 Å². The van der Waals surface area contributed by atoms with Crippen LogP contribution in [0.5, 0.6) is 0 Å². The van der Waals surface area contributed by atoms with Crippen LogP contribution < -0.4 is 0 Å². The zero-order valence-corrected chi connectivity index (χ0v) is 15.7. The first-order chi connectivity index (χ1) is 12.8. The highest BCUT2D eigenvalue weighted by molar-refractivity contribution is 5.03. The predicted octanol–water partition coefficient (Wildman–Crippen LogP) is 4.90. The molecule has 0 aromatic rings. The maximum Gasteiger partial charge on any atom is 0.380 e. The van der Waals surface area contributed by atoms with E-state index in [1.165, 1.54) is 0 Å². The van der Waals surface area contributed by atoms with Crippen molar-refractivity contribution < 1.29 is 50.1 Å². The van der Waals surface area contributed by atoms with Crippen molar-refractivity contribution in [1.29, 1.82) is 0 Å². The second kappa shape index (κ2) is 11.5. The van der Waals surface area contributed by atoms with Crippen molar-refractivity contribution in [3.63, 3.8) is 0 Å². The smallest absolute Gasteiger partial charge is 0.380 e. The molecule has 2 N–H and O–H groups in total. The number of rotatable bonds is 16. The average molecular weight is 432 g/mol. The molecule has 0 aliphatic carbocycles. The summed E-state index contributed by atoms with van der Waals surface area (Å²) in [7, 11) is 0. The first-order valence-corrected chi connectivity index (χ1v) is 9.11. The zero-order chi connectivity index (χ0) is 22.1. The van der Waals surface area contributed by atoms with Gasteiger partial charge in [-0.1, -0.05) is 32.6 Å². The van der Waals surface area contributed by atoms with Crippen molar-refractivity contribution in [2.75, 3.05) is 26.4 Å². The van der Waals surface area contributed by atoms with Crippen LogP contribution >= 0.6 is 0 Å². The predicted molar refractivity (Wildman–Crippen MR) is 86.3 cm³/mol. The lowest BCUT2D eigenvalue weighted by Crippen LogP contribution is -2.63. The van der Waals surface area contributed by atoms with Gasteiger partial charge in [0, 0.05) is 32.2 Å². The molecule has 0 atom stereocenters. The van der Waals surface area contributed by atoms with Crippen LogP contribution in [-0.2, 0) is 4.74 Å². The highest BCUT2D eigenvalue weighted by Gasteiger charge is 2.80. The molecule has 0 bridgehead atoms. The topological polar surface area (TPSA) is 49.7 Å². The Balaban J connectivity index is 4.93. The van der Waals surface area contributed by atoms with Gasteiger partial charge in [-0.3, -0.25) is 0 Å². The molecule has 0 saturated carbocycles. The number of aliphatic hydroxyl groups is 2. The summed E-state index contributed by atoms with van der Waals surface area (Å²) < 4.78 is 114. The normalized spacial score (nSPS) is 14.1. The Morgan fingerprint density at radius 3 is 1.75 bits per heavy atom. The number of hydrogen-bond acceptors (Lipinski definition) is 3. The first kappa shape index (κ1) is 27.3. The van der Waals surface area contributed by atoms with E-state index in [1.807, 2.05) is 6.92 Å². The number of unbranched alkanes of at least 4 members (excludes halogenated alkanes) is 4. The summed E-state index contributed by atoms with van der Waals surface area (Å²) in [6.45, 7) is -2.27. The molecule has 0 aromatic carbocycles. The maximum absolute atomic E-state index is 13.7. The van der Waals surface area contributed by atoms with Gasteiger partial charge in [0.05, 0.1) is 0 Å². The van der Waals surface area contributed by atoms with Crippen molar-refractivity contribution in [1.82, 2.24) is 0 Å². The van der Waals surface area contributed by atoms with Crippen LogP contribution in [0.25, 0.3) is 0 Å². The quantitative estimate of drug-likeness (QED) is 0.270. The maximum atomic E-state index is 13.7. The molecule has 11 heteroatoms. The number of alkyl halides is 8. The van der Waals surface area contributed by atoms with Crippen LogP contribution in [0.4, 0.5) is 35.1 Å². The fraction of sp³-hybridized carbons (Fsp3) is 1.00. The summed E-state index contributed by atoms with van der Waals surface area (Å²) in [5.41, 5.74) is 0. The first-order valence-electron chi connectivity index (χ1n) is 9.11. The van der Waals surface area contributed by atoms with E-state index in [4.69, 9.17) is 10.2 Å². The molecule has 0 rings (SSSR count). The van der Waals surface area contributed by atoms with Gasteiger partial charge in [-0.25, -0.2) is 0 Å². The molecule has 0 spiro atoms. The van der Waals surface area contributed by atoms with Gasteiger partial charge in [0.2, 0.25) is 0 Å². The Kier molecular flexibility index (Phi) is 11.2. The van der Waals surface area contributed by atoms with Gasteiger partial charge in [0.15, 0.2) is 0 Å². The van der Waals surface area contributed by atoms with Gasteiger partial charge in [0.1, 0.15) is 6.61 Å². The van der Waals surface area contributed by atoms with Crippen LogP contribution in [0.15, 0.2) is 0 Å². The molecule has 0 aliphatic heterocycles. The fourth-order valence-corrected chi connectivity index (χ4v) is 2.34. The Labute approximate surface area is 159 Å². The van der Waals surface area contributed by atoms with E-state index in [9.17, 15) is 35.1 Å². The minimum Gasteiger partial charge on any atom is -0.396 e.